The van der Waals surface area contributed by atoms with Gasteiger partial charge in [0.2, 0.25) is 5.91 Å². The third-order valence-corrected chi connectivity index (χ3v) is 3.43. The van der Waals surface area contributed by atoms with E-state index >= 15 is 0 Å². The molecule has 1 saturated heterocycles. The molecule has 2 rings (SSSR count). The van der Waals surface area contributed by atoms with E-state index in [-0.39, 0.29) is 0 Å². The van der Waals surface area contributed by atoms with Gasteiger partial charge in [0, 0.05) is 19.0 Å². The molecule has 1 saturated carbocycles. The lowest BCUT2D eigenvalue weighted by Crippen LogP contribution is -2.39. The molecule has 0 aromatic carbocycles. The number of hydrogen-bond donors (Lipinski definition) is 0. The Hall–Kier alpha value is -0.530. The second kappa shape index (κ2) is 6.93. The Labute approximate surface area is 100 Å². The minimum Gasteiger partial charge on any atom is -0.342 e. The lowest BCUT2D eigenvalue weighted by Gasteiger charge is -2.31. The lowest BCUT2D eigenvalue weighted by atomic mass is 9.94. The van der Waals surface area contributed by atoms with Crippen LogP contribution in [0.25, 0.3) is 0 Å². The van der Waals surface area contributed by atoms with E-state index in [0.717, 1.165) is 31.8 Å². The van der Waals surface area contributed by atoms with Crippen molar-refractivity contribution in [3.63, 3.8) is 0 Å². The van der Waals surface area contributed by atoms with Gasteiger partial charge < -0.3 is 4.90 Å². The highest BCUT2D eigenvalue weighted by Crippen LogP contribution is 2.32. The summed E-state index contributed by atoms with van der Waals surface area (Å²) < 4.78 is 0. The number of carbonyl (C=O) groups is 1. The minimum atomic E-state index is 0.415. The van der Waals surface area contributed by atoms with Crippen LogP contribution in [0, 0.1) is 11.8 Å². The van der Waals surface area contributed by atoms with Crippen LogP contribution in [-0.2, 0) is 4.79 Å². The molecule has 0 N–H and O–H groups in total. The summed E-state index contributed by atoms with van der Waals surface area (Å²) in [5.74, 6) is 1.73. The van der Waals surface area contributed by atoms with Gasteiger partial charge >= 0.3 is 0 Å². The Bertz CT molecular complexity index is 203. The zero-order valence-corrected chi connectivity index (χ0v) is 11.2. The number of carbonyl (C=O) groups excluding carboxylic acids is 1. The van der Waals surface area contributed by atoms with Crippen molar-refractivity contribution in [2.24, 2.45) is 11.8 Å². The molecule has 1 aliphatic heterocycles. The summed E-state index contributed by atoms with van der Waals surface area (Å²) in [6.45, 7) is 8.55. The van der Waals surface area contributed by atoms with Gasteiger partial charge in [-0.3, -0.25) is 4.79 Å². The summed E-state index contributed by atoms with van der Waals surface area (Å²) in [6.07, 6.45) is 7.29. The van der Waals surface area contributed by atoms with Gasteiger partial charge in [0.05, 0.1) is 0 Å². The van der Waals surface area contributed by atoms with E-state index in [2.05, 4.69) is 25.7 Å². The first-order valence-electron chi connectivity index (χ1n) is 7.01. The molecule has 94 valence electrons. The number of nitrogens with zero attached hydrogens (tertiary/aromatic N) is 1. The molecule has 16 heavy (non-hydrogen) atoms. The predicted octanol–water partition coefficient (Wildman–Crippen LogP) is 3.46. The van der Waals surface area contributed by atoms with Crippen LogP contribution in [-0.4, -0.2) is 23.9 Å². The minimum absolute atomic E-state index is 0.415. The smallest absolute Gasteiger partial charge is 0.225 e. The molecule has 0 spiro atoms. The number of hydrogen-bond acceptors (Lipinski definition) is 1. The zero-order valence-electron chi connectivity index (χ0n) is 11.2. The predicted molar refractivity (Wildman–Crippen MR) is 68.3 cm³/mol. The standard InChI is InChI=1S/C11H19NO.C3H8/c1-2-9-5-7-12(8-6-9)11(13)10-3-4-10;1-3-2/h9-10H,2-8H2,1H3;3H2,1-2H3. The van der Waals surface area contributed by atoms with Gasteiger partial charge in [-0.2, -0.15) is 0 Å². The Morgan fingerprint density at radius 3 is 1.94 bits per heavy atom. The molecule has 1 aliphatic carbocycles. The van der Waals surface area contributed by atoms with Crippen molar-refractivity contribution in [3.05, 3.63) is 0 Å². The third kappa shape index (κ3) is 4.15. The van der Waals surface area contributed by atoms with Crippen LogP contribution in [0.4, 0.5) is 0 Å². The van der Waals surface area contributed by atoms with E-state index in [1.165, 1.54) is 25.7 Å². The Morgan fingerprint density at radius 1 is 1.06 bits per heavy atom. The molecule has 1 heterocycles. The molecule has 2 aliphatic rings. The van der Waals surface area contributed by atoms with Crippen LogP contribution in [0.2, 0.25) is 0 Å². The van der Waals surface area contributed by atoms with E-state index < -0.39 is 0 Å². The molecule has 1 amide bonds. The van der Waals surface area contributed by atoms with Gasteiger partial charge in [0.15, 0.2) is 0 Å². The quantitative estimate of drug-likeness (QED) is 0.704. The molecule has 0 radical (unpaired) electrons. The third-order valence-electron chi connectivity index (χ3n) is 3.43. The topological polar surface area (TPSA) is 20.3 Å². The van der Waals surface area contributed by atoms with Gasteiger partial charge in [-0.1, -0.05) is 33.6 Å². The van der Waals surface area contributed by atoms with Gasteiger partial charge in [-0.05, 0) is 31.6 Å². The average molecular weight is 225 g/mol. The molecule has 0 bridgehead atoms. The second-order valence-electron chi connectivity index (χ2n) is 5.16. The van der Waals surface area contributed by atoms with E-state index in [1.54, 1.807) is 0 Å². The normalized spacial score (nSPS) is 21.3. The fourth-order valence-corrected chi connectivity index (χ4v) is 2.15. The fraction of sp³-hybridized carbons (Fsp3) is 0.929. The van der Waals surface area contributed by atoms with Gasteiger partial charge in [-0.25, -0.2) is 0 Å². The van der Waals surface area contributed by atoms with Gasteiger partial charge in [-0.15, -0.1) is 0 Å². The van der Waals surface area contributed by atoms with Crippen LogP contribution in [0.3, 0.4) is 0 Å². The first kappa shape index (κ1) is 13.5. The van der Waals surface area contributed by atoms with Crippen LogP contribution in [0.15, 0.2) is 0 Å². The molecule has 2 fully saturated rings. The maximum atomic E-state index is 11.7. The molecule has 0 unspecified atom stereocenters. The maximum absolute atomic E-state index is 11.7. The van der Waals surface area contributed by atoms with Crippen molar-refractivity contribution in [1.29, 1.82) is 0 Å². The summed E-state index contributed by atoms with van der Waals surface area (Å²) in [7, 11) is 0. The highest BCUT2D eigenvalue weighted by Gasteiger charge is 2.34. The molecule has 2 heteroatoms. The molecule has 0 aromatic rings. The molecular formula is C14H27NO. The van der Waals surface area contributed by atoms with Gasteiger partial charge in [0.1, 0.15) is 0 Å². The van der Waals surface area contributed by atoms with Crippen LogP contribution in [0.5, 0.6) is 0 Å². The summed E-state index contributed by atoms with van der Waals surface area (Å²) in [5, 5.41) is 0. The highest BCUT2D eigenvalue weighted by atomic mass is 16.2. The highest BCUT2D eigenvalue weighted by molar-refractivity contribution is 5.81. The number of amides is 1. The van der Waals surface area contributed by atoms with Crippen LogP contribution >= 0.6 is 0 Å². The summed E-state index contributed by atoms with van der Waals surface area (Å²) in [6, 6.07) is 0. The number of piperidine rings is 1. The molecule has 0 aromatic heterocycles. The second-order valence-corrected chi connectivity index (χ2v) is 5.16. The van der Waals surface area contributed by atoms with Crippen molar-refractivity contribution in [3.8, 4) is 0 Å². The summed E-state index contributed by atoms with van der Waals surface area (Å²) in [4.78, 5) is 13.8. The number of likely N-dealkylation sites (tertiary alicyclic amines) is 1. The van der Waals surface area contributed by atoms with Crippen LogP contribution < -0.4 is 0 Å². The maximum Gasteiger partial charge on any atom is 0.225 e. The van der Waals surface area contributed by atoms with E-state index in [0.29, 0.717) is 11.8 Å². The first-order chi connectivity index (χ1) is 7.72. The van der Waals surface area contributed by atoms with Crippen molar-refractivity contribution in [1.82, 2.24) is 4.90 Å². The monoisotopic (exact) mass is 225 g/mol. The molecule has 2 nitrogen and oxygen atoms in total. The summed E-state index contributed by atoms with van der Waals surface area (Å²) in [5.41, 5.74) is 0. The zero-order chi connectivity index (χ0) is 12.0. The van der Waals surface area contributed by atoms with E-state index in [1.807, 2.05) is 0 Å². The lowest BCUT2D eigenvalue weighted by molar-refractivity contribution is -0.133. The van der Waals surface area contributed by atoms with Crippen molar-refractivity contribution in [2.75, 3.05) is 13.1 Å². The Morgan fingerprint density at radius 2 is 1.56 bits per heavy atom. The average Bonchev–Trinajstić information content (AvgIpc) is 3.13. The first-order valence-corrected chi connectivity index (χ1v) is 7.01. The van der Waals surface area contributed by atoms with Crippen molar-refractivity contribution >= 4 is 5.91 Å². The Kier molecular flexibility index (Phi) is 5.86. The van der Waals surface area contributed by atoms with E-state index in [9.17, 15) is 4.79 Å². The van der Waals surface area contributed by atoms with Crippen molar-refractivity contribution in [2.45, 2.75) is 59.3 Å². The number of rotatable bonds is 2. The Balaban J connectivity index is 0.000000386. The van der Waals surface area contributed by atoms with Crippen molar-refractivity contribution < 1.29 is 4.79 Å². The fourth-order valence-electron chi connectivity index (χ4n) is 2.15. The van der Waals surface area contributed by atoms with Gasteiger partial charge in [0.25, 0.3) is 0 Å². The SMILES string of the molecule is CCC.CCC1CCN(C(=O)C2CC2)CC1. The molecular weight excluding hydrogens is 198 g/mol. The summed E-state index contributed by atoms with van der Waals surface area (Å²) >= 11 is 0. The van der Waals surface area contributed by atoms with E-state index in [4.69, 9.17) is 0 Å². The largest absolute Gasteiger partial charge is 0.342 e. The molecule has 0 atom stereocenters. The van der Waals surface area contributed by atoms with Crippen LogP contribution in [0.1, 0.15) is 59.3 Å².